The first-order valence-corrected chi connectivity index (χ1v) is 13.4. The Labute approximate surface area is 233 Å². The molecule has 3 aromatic carbocycles. The van der Waals surface area contributed by atoms with Crippen LogP contribution in [0.15, 0.2) is 65.6 Å². The van der Waals surface area contributed by atoms with Gasteiger partial charge < -0.3 is 4.74 Å². The number of carbonyl (C=O) groups is 2. The van der Waals surface area contributed by atoms with Crippen LogP contribution in [0.3, 0.4) is 0 Å². The first-order chi connectivity index (χ1) is 16.7. The Bertz CT molecular complexity index is 1350. The van der Waals surface area contributed by atoms with Crippen molar-refractivity contribution in [3.63, 3.8) is 0 Å². The Hall–Kier alpha value is -2.45. The number of nitro benzene ring substituents is 1. The molecular formula is C25H18I2N2O5S. The number of amides is 2. The highest BCUT2D eigenvalue weighted by molar-refractivity contribution is 14.1. The van der Waals surface area contributed by atoms with Crippen LogP contribution in [0.2, 0.25) is 0 Å². The molecule has 0 bridgehead atoms. The van der Waals surface area contributed by atoms with Crippen molar-refractivity contribution in [2.75, 3.05) is 0 Å². The Balaban J connectivity index is 1.52. The number of nitrogens with zero attached hydrogens (tertiary/aromatic N) is 2. The summed E-state index contributed by atoms with van der Waals surface area (Å²) < 4.78 is 7.82. The van der Waals surface area contributed by atoms with E-state index in [-0.39, 0.29) is 17.1 Å². The number of hydrogen-bond acceptors (Lipinski definition) is 6. The van der Waals surface area contributed by atoms with Gasteiger partial charge in [-0.05, 0) is 93.2 Å². The molecule has 4 rings (SSSR count). The highest BCUT2D eigenvalue weighted by Crippen LogP contribution is 2.36. The average molecular weight is 712 g/mol. The summed E-state index contributed by atoms with van der Waals surface area (Å²) in [5.41, 5.74) is 3.19. The number of nitro groups is 1. The van der Waals surface area contributed by atoms with Gasteiger partial charge >= 0.3 is 0 Å². The lowest BCUT2D eigenvalue weighted by Gasteiger charge is -2.13. The van der Waals surface area contributed by atoms with Gasteiger partial charge in [0.2, 0.25) is 0 Å². The highest BCUT2D eigenvalue weighted by Gasteiger charge is 2.36. The molecule has 7 nitrogen and oxygen atoms in total. The van der Waals surface area contributed by atoms with Crippen molar-refractivity contribution >= 4 is 79.9 Å². The maximum atomic E-state index is 12.9. The van der Waals surface area contributed by atoms with E-state index in [0.717, 1.165) is 40.7 Å². The molecule has 2 amide bonds. The number of para-hydroxylation sites is 1. The molecule has 1 aliphatic rings. The molecule has 1 saturated heterocycles. The van der Waals surface area contributed by atoms with Crippen LogP contribution in [0, 0.1) is 24.2 Å². The van der Waals surface area contributed by atoms with Gasteiger partial charge in [-0.25, -0.2) is 0 Å². The number of thioether (sulfide) groups is 1. The van der Waals surface area contributed by atoms with Crippen LogP contribution in [-0.4, -0.2) is 21.0 Å². The van der Waals surface area contributed by atoms with Gasteiger partial charge in [0.15, 0.2) is 0 Å². The second-order valence-electron chi connectivity index (χ2n) is 7.75. The zero-order valence-corrected chi connectivity index (χ0v) is 23.5. The molecule has 35 heavy (non-hydrogen) atoms. The van der Waals surface area contributed by atoms with E-state index in [4.69, 9.17) is 4.74 Å². The lowest BCUT2D eigenvalue weighted by atomic mass is 10.1. The summed E-state index contributed by atoms with van der Waals surface area (Å²) in [5.74, 6) is 0.289. The number of rotatable bonds is 7. The van der Waals surface area contributed by atoms with Crippen LogP contribution >= 0.6 is 56.9 Å². The summed E-state index contributed by atoms with van der Waals surface area (Å²) in [6.45, 7) is 2.33. The lowest BCUT2D eigenvalue weighted by molar-refractivity contribution is -0.385. The molecule has 0 atom stereocenters. The summed E-state index contributed by atoms with van der Waals surface area (Å²) in [7, 11) is 0. The molecule has 0 N–H and O–H groups in total. The topological polar surface area (TPSA) is 89.8 Å². The molecule has 0 radical (unpaired) electrons. The normalized spacial score (nSPS) is 14.6. The third-order valence-electron chi connectivity index (χ3n) is 5.17. The fourth-order valence-corrected chi connectivity index (χ4v) is 6.50. The summed E-state index contributed by atoms with van der Waals surface area (Å²) in [5, 5.41) is 10.8. The number of carbonyl (C=O) groups excluding carboxylic acids is 2. The Morgan fingerprint density at radius 2 is 1.77 bits per heavy atom. The average Bonchev–Trinajstić information content (AvgIpc) is 3.06. The van der Waals surface area contributed by atoms with E-state index in [1.54, 1.807) is 24.3 Å². The van der Waals surface area contributed by atoms with E-state index >= 15 is 0 Å². The largest absolute Gasteiger partial charge is 0.487 e. The number of aryl methyl sites for hydroxylation is 1. The van der Waals surface area contributed by atoms with Crippen molar-refractivity contribution in [3.8, 4) is 5.75 Å². The molecule has 3 aromatic rings. The van der Waals surface area contributed by atoms with Gasteiger partial charge in [0.1, 0.15) is 12.4 Å². The predicted molar refractivity (Wildman–Crippen MR) is 152 cm³/mol. The van der Waals surface area contributed by atoms with Crippen LogP contribution in [0.1, 0.15) is 22.3 Å². The van der Waals surface area contributed by atoms with Gasteiger partial charge in [-0.2, -0.15) is 0 Å². The van der Waals surface area contributed by atoms with Crippen molar-refractivity contribution in [2.45, 2.75) is 20.1 Å². The number of benzene rings is 3. The maximum absolute atomic E-state index is 12.9. The highest BCUT2D eigenvalue weighted by atomic mass is 127. The van der Waals surface area contributed by atoms with Gasteiger partial charge in [-0.1, -0.05) is 48.0 Å². The monoisotopic (exact) mass is 712 g/mol. The van der Waals surface area contributed by atoms with E-state index in [1.165, 1.54) is 11.6 Å². The maximum Gasteiger partial charge on any atom is 0.293 e. The molecule has 0 aliphatic carbocycles. The van der Waals surface area contributed by atoms with Gasteiger partial charge in [0.05, 0.1) is 23.5 Å². The van der Waals surface area contributed by atoms with Crippen molar-refractivity contribution < 1.29 is 19.2 Å². The molecule has 0 spiro atoms. The number of ether oxygens (including phenoxy) is 1. The van der Waals surface area contributed by atoms with Crippen LogP contribution in [0.4, 0.5) is 10.5 Å². The smallest absolute Gasteiger partial charge is 0.293 e. The van der Waals surface area contributed by atoms with Gasteiger partial charge in [-0.15, -0.1) is 0 Å². The number of imide groups is 1. The molecule has 0 unspecified atom stereocenters. The third-order valence-corrected chi connectivity index (χ3v) is 7.68. The Morgan fingerprint density at radius 1 is 1.06 bits per heavy atom. The molecule has 1 aliphatic heterocycles. The molecule has 10 heteroatoms. The summed E-state index contributed by atoms with van der Waals surface area (Å²) in [6.07, 6.45) is 1.67. The van der Waals surface area contributed by atoms with E-state index in [0.29, 0.717) is 12.2 Å². The SMILES string of the molecule is Cc1cccc(COc2c(I)cc(/C=C3\SC(=O)N(Cc4ccccc4[N+](=O)[O-])C3=O)cc2I)c1. The Morgan fingerprint density at radius 3 is 2.46 bits per heavy atom. The van der Waals surface area contributed by atoms with Gasteiger partial charge in [0, 0.05) is 11.6 Å². The molecule has 0 saturated carbocycles. The summed E-state index contributed by atoms with van der Waals surface area (Å²) in [4.78, 5) is 37.6. The zero-order chi connectivity index (χ0) is 25.1. The first-order valence-electron chi connectivity index (χ1n) is 10.4. The number of hydrogen-bond donors (Lipinski definition) is 0. The van der Waals surface area contributed by atoms with Gasteiger partial charge in [-0.3, -0.25) is 24.6 Å². The third kappa shape index (κ3) is 6.04. The fourth-order valence-electron chi connectivity index (χ4n) is 3.54. The van der Waals surface area contributed by atoms with Crippen molar-refractivity contribution in [3.05, 3.63) is 105 Å². The molecular weight excluding hydrogens is 694 g/mol. The minimum absolute atomic E-state index is 0.124. The van der Waals surface area contributed by atoms with E-state index in [9.17, 15) is 19.7 Å². The van der Waals surface area contributed by atoms with E-state index in [1.807, 2.05) is 37.3 Å². The van der Waals surface area contributed by atoms with Crippen LogP contribution in [-0.2, 0) is 17.9 Å². The van der Waals surface area contributed by atoms with Crippen LogP contribution in [0.25, 0.3) is 6.08 Å². The standard InChI is InChI=1S/C25H18I2N2O5S/c1-15-5-4-6-16(9-15)14-34-23-19(26)10-17(11-20(23)27)12-22-24(30)28(25(31)35-22)13-18-7-2-3-8-21(18)29(32)33/h2-12H,13-14H2,1H3/b22-12-. The number of halogens is 2. The van der Waals surface area contributed by atoms with Gasteiger partial charge in [0.25, 0.3) is 16.8 Å². The van der Waals surface area contributed by atoms with Crippen LogP contribution < -0.4 is 4.74 Å². The summed E-state index contributed by atoms with van der Waals surface area (Å²) in [6, 6.07) is 18.0. The lowest BCUT2D eigenvalue weighted by Crippen LogP contribution is -2.27. The fraction of sp³-hybridized carbons (Fsp3) is 0.120. The van der Waals surface area contributed by atoms with E-state index < -0.39 is 16.1 Å². The Kier molecular flexibility index (Phi) is 8.12. The molecule has 1 heterocycles. The quantitative estimate of drug-likeness (QED) is 0.114. The van der Waals surface area contributed by atoms with E-state index in [2.05, 4.69) is 51.2 Å². The zero-order valence-electron chi connectivity index (χ0n) is 18.4. The van der Waals surface area contributed by atoms with Crippen molar-refractivity contribution in [1.82, 2.24) is 4.90 Å². The molecule has 0 aromatic heterocycles. The molecule has 178 valence electrons. The minimum Gasteiger partial charge on any atom is -0.487 e. The first kappa shape index (κ1) is 25.6. The summed E-state index contributed by atoms with van der Waals surface area (Å²) >= 11 is 5.22. The second kappa shape index (κ2) is 11.1. The predicted octanol–water partition coefficient (Wildman–Crippen LogP) is 6.93. The minimum atomic E-state index is -0.517. The molecule has 1 fully saturated rings. The van der Waals surface area contributed by atoms with Crippen LogP contribution in [0.5, 0.6) is 5.75 Å². The second-order valence-corrected chi connectivity index (χ2v) is 11.1. The van der Waals surface area contributed by atoms with Crippen molar-refractivity contribution in [1.29, 1.82) is 0 Å². The van der Waals surface area contributed by atoms with Crippen molar-refractivity contribution in [2.24, 2.45) is 0 Å².